The molecule has 2 rings (SSSR count). The Morgan fingerprint density at radius 3 is 2.65 bits per heavy atom. The Labute approximate surface area is 164 Å². The van der Waals surface area contributed by atoms with Gasteiger partial charge in [-0.05, 0) is 47.0 Å². The van der Waals surface area contributed by atoms with Crippen LogP contribution in [0.1, 0.15) is 23.2 Å². The molecule has 0 radical (unpaired) electrons. The molecule has 10 heteroatoms. The van der Waals surface area contributed by atoms with E-state index in [1.807, 2.05) is 0 Å². The number of phenolic OH excluding ortho intramolecular Hbond substituents is 1. The van der Waals surface area contributed by atoms with E-state index in [-0.39, 0.29) is 20.6 Å². The maximum absolute atomic E-state index is 12.7. The Morgan fingerprint density at radius 1 is 1.42 bits per heavy atom. The smallest absolute Gasteiger partial charge is 0.257 e. The predicted octanol–water partition coefficient (Wildman–Crippen LogP) is 2.44. The number of nitrogens with two attached hydrogens (primary N) is 1. The number of rotatable bonds is 6. The number of carbonyl (C=O) groups excluding carboxylic acids is 1. The Bertz CT molecular complexity index is 833. The lowest BCUT2D eigenvalue weighted by molar-refractivity contribution is 0.0968. The number of ether oxygens (including phenoxy) is 1. The maximum Gasteiger partial charge on any atom is 0.257 e. The van der Waals surface area contributed by atoms with Crippen LogP contribution in [0.25, 0.3) is 0 Å². The minimum absolute atomic E-state index is 0.0116. The fourth-order valence-electron chi connectivity index (χ4n) is 2.37. The molecule has 0 spiro atoms. The van der Waals surface area contributed by atoms with Crippen LogP contribution in [0.4, 0.5) is 0 Å². The summed E-state index contributed by atoms with van der Waals surface area (Å²) in [5.41, 5.74) is 5.79. The van der Waals surface area contributed by atoms with Gasteiger partial charge in [0.25, 0.3) is 5.91 Å². The van der Waals surface area contributed by atoms with E-state index in [0.717, 1.165) is 18.0 Å². The Hall–Kier alpha value is -1.49. The molecule has 0 atom stereocenters. The van der Waals surface area contributed by atoms with Gasteiger partial charge in [-0.25, -0.2) is 8.42 Å². The number of amides is 1. The van der Waals surface area contributed by atoms with Crippen molar-refractivity contribution in [2.75, 3.05) is 13.2 Å². The Kier molecular flexibility index (Phi) is 7.16. The van der Waals surface area contributed by atoms with Crippen molar-refractivity contribution in [2.24, 2.45) is 5.73 Å². The number of nitrogens with one attached hydrogen (secondary N) is 1. The lowest BCUT2D eigenvalue weighted by Crippen LogP contribution is -2.30. The van der Waals surface area contributed by atoms with Crippen LogP contribution in [-0.2, 0) is 14.6 Å². The average molecular weight is 463 g/mol. The lowest BCUT2D eigenvalue weighted by atomic mass is 10.2. The van der Waals surface area contributed by atoms with Crippen molar-refractivity contribution in [3.8, 4) is 5.75 Å². The second-order valence-electron chi connectivity index (χ2n) is 5.49. The van der Waals surface area contributed by atoms with Gasteiger partial charge in [0.15, 0.2) is 9.84 Å². The van der Waals surface area contributed by atoms with Gasteiger partial charge in [0.2, 0.25) is 0 Å². The average Bonchev–Trinajstić information content (AvgIpc) is 2.60. The second kappa shape index (κ2) is 8.94. The lowest BCUT2D eigenvalue weighted by Gasteiger charge is -2.23. The van der Waals surface area contributed by atoms with Gasteiger partial charge in [-0.15, -0.1) is 0 Å². The van der Waals surface area contributed by atoms with Gasteiger partial charge in [-0.3, -0.25) is 4.79 Å². The molecular formula is C16H19BrN2O5S2. The molecule has 1 aliphatic heterocycles. The van der Waals surface area contributed by atoms with E-state index in [1.54, 1.807) is 0 Å². The summed E-state index contributed by atoms with van der Waals surface area (Å²) in [4.78, 5) is 12.3. The molecule has 4 N–H and O–H groups in total. The first-order valence-electron chi connectivity index (χ1n) is 7.66. The van der Waals surface area contributed by atoms with E-state index in [2.05, 4.69) is 27.8 Å². The topological polar surface area (TPSA) is 119 Å². The number of carbonyl (C=O) groups is 1. The van der Waals surface area contributed by atoms with Crippen LogP contribution in [0, 0.1) is 0 Å². The van der Waals surface area contributed by atoms with Gasteiger partial charge in [-0.1, -0.05) is 18.3 Å². The maximum atomic E-state index is 12.7. The molecule has 7 nitrogen and oxygen atoms in total. The fourth-order valence-corrected chi connectivity index (χ4v) is 5.87. The molecule has 1 aromatic rings. The number of hydrogen-bond donors (Lipinski definition) is 3. The molecule has 1 heterocycles. The van der Waals surface area contributed by atoms with Crippen LogP contribution >= 0.6 is 27.7 Å². The summed E-state index contributed by atoms with van der Waals surface area (Å²) in [7, 11) is -3.62. The van der Waals surface area contributed by atoms with Crippen LogP contribution in [0.5, 0.6) is 5.75 Å². The van der Waals surface area contributed by atoms with Gasteiger partial charge >= 0.3 is 0 Å². The summed E-state index contributed by atoms with van der Waals surface area (Å²) >= 11 is 3.98. The molecule has 1 saturated heterocycles. The zero-order valence-electron chi connectivity index (χ0n) is 13.8. The molecule has 142 valence electrons. The zero-order chi connectivity index (χ0) is 19.3. The van der Waals surface area contributed by atoms with Gasteiger partial charge in [0, 0.05) is 23.9 Å². The van der Waals surface area contributed by atoms with Gasteiger partial charge in [-0.2, -0.15) is 0 Å². The molecule has 0 saturated carbocycles. The summed E-state index contributed by atoms with van der Waals surface area (Å²) in [6.07, 6.45) is 1.82. The number of aromatic hydroxyl groups is 1. The summed E-state index contributed by atoms with van der Waals surface area (Å²) in [6, 6.07) is 4.19. The third-order valence-corrected chi connectivity index (χ3v) is 8.03. The number of benzene rings is 1. The monoisotopic (exact) mass is 462 g/mol. The van der Waals surface area contributed by atoms with Crippen LogP contribution in [-0.4, -0.2) is 37.9 Å². The van der Waals surface area contributed by atoms with Crippen molar-refractivity contribution in [2.45, 2.75) is 18.1 Å². The zero-order valence-corrected chi connectivity index (χ0v) is 17.0. The third kappa shape index (κ3) is 5.03. The highest BCUT2D eigenvalue weighted by molar-refractivity contribution is 9.10. The summed E-state index contributed by atoms with van der Waals surface area (Å²) in [5, 5.41) is 11.5. The van der Waals surface area contributed by atoms with E-state index < -0.39 is 21.0 Å². The highest BCUT2D eigenvalue weighted by Crippen LogP contribution is 2.33. The van der Waals surface area contributed by atoms with Crippen molar-refractivity contribution in [1.82, 2.24) is 5.32 Å². The van der Waals surface area contributed by atoms with Crippen LogP contribution < -0.4 is 11.1 Å². The number of halogens is 1. The molecule has 1 aliphatic rings. The molecule has 0 aliphatic carbocycles. The first-order chi connectivity index (χ1) is 12.3. The second-order valence-corrected chi connectivity index (χ2v) is 9.93. The largest absolute Gasteiger partial charge is 0.508 e. The molecule has 26 heavy (non-hydrogen) atoms. The molecule has 0 unspecified atom stereocenters. The van der Waals surface area contributed by atoms with Crippen molar-refractivity contribution in [3.63, 3.8) is 0 Å². The van der Waals surface area contributed by atoms with Crippen molar-refractivity contribution in [3.05, 3.63) is 50.3 Å². The van der Waals surface area contributed by atoms with Crippen LogP contribution in [0.3, 0.4) is 0 Å². The fraction of sp³-hybridized carbons (Fsp3) is 0.312. The predicted molar refractivity (Wildman–Crippen MR) is 105 cm³/mol. The van der Waals surface area contributed by atoms with Gasteiger partial charge in [0.05, 0.1) is 15.8 Å². The van der Waals surface area contributed by atoms with E-state index in [0.29, 0.717) is 30.5 Å². The first-order valence-corrected chi connectivity index (χ1v) is 10.8. The molecule has 1 amide bonds. The molecule has 0 bridgehead atoms. The summed E-state index contributed by atoms with van der Waals surface area (Å²) in [5.74, 6) is -0.480. The Morgan fingerprint density at radius 2 is 2.08 bits per heavy atom. The van der Waals surface area contributed by atoms with Gasteiger partial charge in [0.1, 0.15) is 9.99 Å². The number of sulfone groups is 1. The quantitative estimate of drug-likeness (QED) is 0.593. The SMILES string of the molecule is C=C(NC(=O)c1ccc(O)cc1Br)S/C(=C\N)S(=O)(=O)C1CCOCC1. The van der Waals surface area contributed by atoms with E-state index in [1.165, 1.54) is 18.2 Å². The van der Waals surface area contributed by atoms with E-state index in [4.69, 9.17) is 10.5 Å². The highest BCUT2D eigenvalue weighted by atomic mass is 79.9. The summed E-state index contributed by atoms with van der Waals surface area (Å²) in [6.45, 7) is 4.47. The van der Waals surface area contributed by atoms with E-state index >= 15 is 0 Å². The molecular weight excluding hydrogens is 444 g/mol. The standard InChI is InChI=1S/C16H19BrN2O5S2/c1-10(19-16(21)13-3-2-11(20)8-14(13)17)25-15(9-18)26(22,23)12-4-6-24-7-5-12/h2-3,8-9,12,20H,1,4-7,18H2,(H,19,21)/b15-9+. The molecule has 0 aromatic heterocycles. The first kappa shape index (κ1) is 20.8. The number of hydrogen-bond acceptors (Lipinski definition) is 7. The normalized spacial score (nSPS) is 16.3. The summed E-state index contributed by atoms with van der Waals surface area (Å²) < 4.78 is 30.9. The third-order valence-electron chi connectivity index (χ3n) is 3.70. The minimum Gasteiger partial charge on any atom is -0.508 e. The van der Waals surface area contributed by atoms with Crippen molar-refractivity contribution < 1.29 is 23.1 Å². The molecule has 1 aromatic carbocycles. The van der Waals surface area contributed by atoms with Crippen molar-refractivity contribution in [1.29, 1.82) is 0 Å². The number of thioether (sulfide) groups is 1. The highest BCUT2D eigenvalue weighted by Gasteiger charge is 2.32. The number of phenols is 1. The Balaban J connectivity index is 2.06. The van der Waals surface area contributed by atoms with Crippen LogP contribution in [0.2, 0.25) is 0 Å². The van der Waals surface area contributed by atoms with Crippen LogP contribution in [0.15, 0.2) is 44.7 Å². The molecule has 1 fully saturated rings. The van der Waals surface area contributed by atoms with Crippen molar-refractivity contribution >= 4 is 43.4 Å². The van der Waals surface area contributed by atoms with E-state index in [9.17, 15) is 18.3 Å². The van der Waals surface area contributed by atoms with Gasteiger partial charge < -0.3 is 20.9 Å². The minimum atomic E-state index is -3.62.